The summed E-state index contributed by atoms with van der Waals surface area (Å²) in [4.78, 5) is 23.2. The summed E-state index contributed by atoms with van der Waals surface area (Å²) >= 11 is 0. The number of rotatable bonds is 0. The summed E-state index contributed by atoms with van der Waals surface area (Å²) in [6, 6.07) is 0. The fraction of sp³-hybridized carbons (Fsp3) is 0.818. The molecule has 0 aromatic carbocycles. The number of piperidine rings is 1. The molecule has 1 rings (SSSR count). The average Bonchev–Trinajstić information content (AvgIpc) is 2.17. The first kappa shape index (κ1) is 13.9. The summed E-state index contributed by atoms with van der Waals surface area (Å²) in [6.45, 7) is 7.66. The lowest BCUT2D eigenvalue weighted by molar-refractivity contribution is -0.145. The second-order valence-electron chi connectivity index (χ2n) is 4.07. The molecule has 0 spiro atoms. The first-order valence-corrected chi connectivity index (χ1v) is 5.61. The Morgan fingerprint density at radius 2 is 1.93 bits per heavy atom. The molecule has 0 aromatic rings. The minimum Gasteiger partial charge on any atom is -0.361 e. The topological polar surface area (TPSA) is 63.4 Å². The molecule has 88 valence electrons. The minimum atomic E-state index is -0.843. The van der Waals surface area contributed by atoms with E-state index in [0.29, 0.717) is 19.0 Å². The van der Waals surface area contributed by atoms with Crippen molar-refractivity contribution in [2.45, 2.75) is 40.0 Å². The van der Waals surface area contributed by atoms with Gasteiger partial charge >= 0.3 is 11.8 Å². The van der Waals surface area contributed by atoms with E-state index in [1.165, 1.54) is 11.3 Å². The van der Waals surface area contributed by atoms with E-state index in [9.17, 15) is 9.59 Å². The molecule has 1 atom stereocenters. The largest absolute Gasteiger partial charge is 0.361 e. The van der Waals surface area contributed by atoms with Gasteiger partial charge in [-0.2, -0.15) is 0 Å². The van der Waals surface area contributed by atoms with Crippen LogP contribution in [-0.4, -0.2) is 29.8 Å². The maximum atomic E-state index is 11.1. The van der Waals surface area contributed by atoms with E-state index in [2.05, 4.69) is 20.8 Å². The first-order valence-electron chi connectivity index (χ1n) is 5.61. The molecule has 0 radical (unpaired) electrons. The van der Waals surface area contributed by atoms with Gasteiger partial charge in [0.15, 0.2) is 0 Å². The second kappa shape index (κ2) is 7.26. The van der Waals surface area contributed by atoms with Crippen LogP contribution in [0.5, 0.6) is 0 Å². The summed E-state index contributed by atoms with van der Waals surface area (Å²) in [5, 5.41) is 0. The van der Waals surface area contributed by atoms with Crippen LogP contribution in [0.25, 0.3) is 0 Å². The predicted octanol–water partition coefficient (Wildman–Crippen LogP) is 1.15. The number of carbonyl (C=O) groups excluding carboxylic acids is 2. The number of hydrogen-bond acceptors (Lipinski definition) is 2. The van der Waals surface area contributed by atoms with Crippen molar-refractivity contribution in [3.05, 3.63) is 0 Å². The SMILES string of the molecule is CC1CCCN(C(=O)C(N)=O)C1.CCC. The summed E-state index contributed by atoms with van der Waals surface area (Å²) in [6.07, 6.45) is 3.35. The van der Waals surface area contributed by atoms with Crippen molar-refractivity contribution in [1.29, 1.82) is 0 Å². The second-order valence-corrected chi connectivity index (χ2v) is 4.07. The van der Waals surface area contributed by atoms with Crippen LogP contribution in [-0.2, 0) is 9.59 Å². The molecule has 1 saturated heterocycles. The Hall–Kier alpha value is -1.06. The molecule has 1 fully saturated rings. The van der Waals surface area contributed by atoms with E-state index in [1.54, 1.807) is 0 Å². The van der Waals surface area contributed by atoms with Gasteiger partial charge < -0.3 is 10.6 Å². The van der Waals surface area contributed by atoms with Crippen LogP contribution in [0.3, 0.4) is 0 Å². The molecule has 4 nitrogen and oxygen atoms in total. The van der Waals surface area contributed by atoms with Crippen LogP contribution >= 0.6 is 0 Å². The van der Waals surface area contributed by atoms with Crippen LogP contribution in [0.15, 0.2) is 0 Å². The number of nitrogens with two attached hydrogens (primary N) is 1. The quantitative estimate of drug-likeness (QED) is 0.615. The molecule has 0 aliphatic carbocycles. The molecule has 0 saturated carbocycles. The molecule has 0 aromatic heterocycles. The first-order chi connectivity index (χ1) is 7.02. The molecule has 1 aliphatic rings. The van der Waals surface area contributed by atoms with Gasteiger partial charge in [-0.25, -0.2) is 0 Å². The minimum absolute atomic E-state index is 0.488. The van der Waals surface area contributed by atoms with Crippen molar-refractivity contribution in [1.82, 2.24) is 4.90 Å². The van der Waals surface area contributed by atoms with Gasteiger partial charge in [0.1, 0.15) is 0 Å². The Labute approximate surface area is 91.8 Å². The lowest BCUT2D eigenvalue weighted by Gasteiger charge is -2.29. The third-order valence-electron chi connectivity index (χ3n) is 2.16. The van der Waals surface area contributed by atoms with E-state index >= 15 is 0 Å². The van der Waals surface area contributed by atoms with Crippen LogP contribution in [0.2, 0.25) is 0 Å². The van der Waals surface area contributed by atoms with Gasteiger partial charge in [0, 0.05) is 13.1 Å². The third kappa shape index (κ3) is 5.40. The van der Waals surface area contributed by atoms with Crippen LogP contribution < -0.4 is 5.73 Å². The van der Waals surface area contributed by atoms with Crippen molar-refractivity contribution in [2.24, 2.45) is 11.7 Å². The molecule has 4 heteroatoms. The van der Waals surface area contributed by atoms with Crippen molar-refractivity contribution >= 4 is 11.8 Å². The highest BCUT2D eigenvalue weighted by Crippen LogP contribution is 2.14. The van der Waals surface area contributed by atoms with E-state index in [-0.39, 0.29) is 0 Å². The third-order valence-corrected chi connectivity index (χ3v) is 2.16. The van der Waals surface area contributed by atoms with E-state index in [1.807, 2.05) is 0 Å². The van der Waals surface area contributed by atoms with Crippen molar-refractivity contribution in [3.63, 3.8) is 0 Å². The highest BCUT2D eigenvalue weighted by Gasteiger charge is 2.23. The maximum Gasteiger partial charge on any atom is 0.311 e. The number of nitrogens with zero attached hydrogens (tertiary/aromatic N) is 1. The Bertz CT molecular complexity index is 217. The smallest absolute Gasteiger partial charge is 0.311 e. The van der Waals surface area contributed by atoms with E-state index in [0.717, 1.165) is 12.8 Å². The van der Waals surface area contributed by atoms with Crippen molar-refractivity contribution < 1.29 is 9.59 Å². The monoisotopic (exact) mass is 214 g/mol. The van der Waals surface area contributed by atoms with Gasteiger partial charge in [-0.1, -0.05) is 27.2 Å². The molecule has 1 unspecified atom stereocenters. The van der Waals surface area contributed by atoms with Gasteiger partial charge in [-0.05, 0) is 18.8 Å². The molecule has 15 heavy (non-hydrogen) atoms. The number of likely N-dealkylation sites (tertiary alicyclic amines) is 1. The molecule has 1 aliphatic heterocycles. The Morgan fingerprint density at radius 1 is 1.40 bits per heavy atom. The molecule has 0 bridgehead atoms. The van der Waals surface area contributed by atoms with Crippen molar-refractivity contribution in [2.75, 3.05) is 13.1 Å². The standard InChI is InChI=1S/C8H14N2O2.C3H8/c1-6-3-2-4-10(5-6)8(12)7(9)11;1-3-2/h6H,2-5H2,1H3,(H2,9,11);3H2,1-2H3. The molecule has 2 N–H and O–H groups in total. The van der Waals surface area contributed by atoms with Crippen LogP contribution in [0.1, 0.15) is 40.0 Å². The fourth-order valence-electron chi connectivity index (χ4n) is 1.53. The lowest BCUT2D eigenvalue weighted by atomic mass is 10.0. The van der Waals surface area contributed by atoms with Crippen molar-refractivity contribution in [3.8, 4) is 0 Å². The van der Waals surface area contributed by atoms with Gasteiger partial charge in [0.2, 0.25) is 0 Å². The average molecular weight is 214 g/mol. The Morgan fingerprint density at radius 3 is 2.33 bits per heavy atom. The van der Waals surface area contributed by atoms with Crippen LogP contribution in [0.4, 0.5) is 0 Å². The zero-order chi connectivity index (χ0) is 11.8. The van der Waals surface area contributed by atoms with Gasteiger partial charge in [0.25, 0.3) is 0 Å². The molecular weight excluding hydrogens is 192 g/mol. The fourth-order valence-corrected chi connectivity index (χ4v) is 1.53. The zero-order valence-electron chi connectivity index (χ0n) is 9.95. The number of carbonyl (C=O) groups is 2. The zero-order valence-corrected chi connectivity index (χ0v) is 9.95. The van der Waals surface area contributed by atoms with Gasteiger partial charge in [0.05, 0.1) is 0 Å². The van der Waals surface area contributed by atoms with Gasteiger partial charge in [-0.3, -0.25) is 9.59 Å². The normalized spacial score (nSPS) is 20.2. The number of amides is 2. The molecule has 2 amide bonds. The maximum absolute atomic E-state index is 11.1. The Kier molecular flexibility index (Phi) is 6.75. The summed E-state index contributed by atoms with van der Waals surface area (Å²) in [5.74, 6) is -0.896. The lowest BCUT2D eigenvalue weighted by Crippen LogP contribution is -2.45. The van der Waals surface area contributed by atoms with Gasteiger partial charge in [-0.15, -0.1) is 0 Å². The highest BCUT2D eigenvalue weighted by molar-refractivity contribution is 6.34. The van der Waals surface area contributed by atoms with E-state index < -0.39 is 11.8 Å². The molecule has 1 heterocycles. The van der Waals surface area contributed by atoms with E-state index in [4.69, 9.17) is 5.73 Å². The molecular formula is C11H22N2O2. The Balaban J connectivity index is 0.000000583. The predicted molar refractivity (Wildman–Crippen MR) is 60.1 cm³/mol. The number of primary amides is 1. The number of hydrogen-bond donors (Lipinski definition) is 1. The summed E-state index contributed by atoms with van der Waals surface area (Å²) < 4.78 is 0. The highest BCUT2D eigenvalue weighted by atomic mass is 16.2. The van der Waals surface area contributed by atoms with Crippen LogP contribution in [0, 0.1) is 5.92 Å². The summed E-state index contributed by atoms with van der Waals surface area (Å²) in [7, 11) is 0. The summed E-state index contributed by atoms with van der Waals surface area (Å²) in [5.41, 5.74) is 4.88.